The summed E-state index contributed by atoms with van der Waals surface area (Å²) in [4.78, 5) is 28.1. The van der Waals surface area contributed by atoms with Crippen LogP contribution >= 0.6 is 11.8 Å². The van der Waals surface area contributed by atoms with Crippen molar-refractivity contribution < 1.29 is 14.6 Å². The van der Waals surface area contributed by atoms with Crippen LogP contribution in [0.2, 0.25) is 0 Å². The van der Waals surface area contributed by atoms with Crippen LogP contribution in [0.4, 0.5) is 5.82 Å². The van der Waals surface area contributed by atoms with Crippen LogP contribution in [0, 0.1) is 10.8 Å². The van der Waals surface area contributed by atoms with E-state index in [1.165, 1.54) is 16.3 Å². The predicted molar refractivity (Wildman–Crippen MR) is 103 cm³/mol. The van der Waals surface area contributed by atoms with Crippen LogP contribution < -0.4 is 11.4 Å². The molecule has 0 amide bonds. The molecule has 1 fully saturated rings. The number of ether oxygens (including phenoxy) is 1. The second-order valence-electron chi connectivity index (χ2n) is 8.69. The van der Waals surface area contributed by atoms with Crippen molar-refractivity contribution in [1.29, 1.82) is 0 Å². The number of carbonyl (C=O) groups is 1. The third-order valence-corrected chi connectivity index (χ3v) is 5.80. The number of nitrogens with zero attached hydrogens (tertiary/aromatic N) is 2. The molecule has 3 N–H and O–H groups in total. The number of anilines is 1. The van der Waals surface area contributed by atoms with Crippen LogP contribution in [-0.2, 0) is 9.53 Å². The minimum absolute atomic E-state index is 0.0125. The van der Waals surface area contributed by atoms with E-state index in [2.05, 4.69) is 25.8 Å². The average Bonchev–Trinajstić information content (AvgIpc) is 2.83. The van der Waals surface area contributed by atoms with Crippen LogP contribution in [0.5, 0.6) is 0 Å². The number of thioether (sulfide) groups is 1. The van der Waals surface area contributed by atoms with Crippen LogP contribution in [0.15, 0.2) is 17.1 Å². The molecule has 8 heteroatoms. The molecule has 1 aromatic rings. The summed E-state index contributed by atoms with van der Waals surface area (Å²) in [6.07, 6.45) is 2.02. The van der Waals surface area contributed by atoms with E-state index in [-0.39, 0.29) is 34.4 Å². The summed E-state index contributed by atoms with van der Waals surface area (Å²) >= 11 is 1.41. The lowest BCUT2D eigenvalue weighted by atomic mass is 9.76. The van der Waals surface area contributed by atoms with E-state index in [0.717, 1.165) is 0 Å². The molecule has 0 unspecified atom stereocenters. The summed E-state index contributed by atoms with van der Waals surface area (Å²) in [7, 11) is 0. The minimum atomic E-state index is -0.659. The lowest BCUT2D eigenvalue weighted by Gasteiger charge is -2.30. The van der Waals surface area contributed by atoms with E-state index in [1.807, 2.05) is 13.8 Å². The molecule has 1 aliphatic heterocycles. The highest BCUT2D eigenvalue weighted by molar-refractivity contribution is 8.00. The second kappa shape index (κ2) is 7.60. The molecule has 0 spiro atoms. The zero-order chi connectivity index (χ0) is 19.7. The molecule has 1 aromatic heterocycles. The Morgan fingerprint density at radius 1 is 1.42 bits per heavy atom. The van der Waals surface area contributed by atoms with Crippen molar-refractivity contribution in [1.82, 2.24) is 9.55 Å². The SMILES string of the molecule is CC(C)(C)CC(C)(C)C(=O)OC[C@H]1S[C@@H](n2ccc(N)nc2=O)C[C@H]1O. The van der Waals surface area contributed by atoms with E-state index in [4.69, 9.17) is 10.5 Å². The van der Waals surface area contributed by atoms with Crippen molar-refractivity contribution in [3.63, 3.8) is 0 Å². The third kappa shape index (κ3) is 5.23. The van der Waals surface area contributed by atoms with Crippen molar-refractivity contribution in [2.45, 2.75) is 64.2 Å². The molecule has 2 rings (SSSR count). The van der Waals surface area contributed by atoms with Gasteiger partial charge >= 0.3 is 11.7 Å². The largest absolute Gasteiger partial charge is 0.464 e. The van der Waals surface area contributed by atoms with E-state index in [0.29, 0.717) is 12.8 Å². The topological polar surface area (TPSA) is 107 Å². The summed E-state index contributed by atoms with van der Waals surface area (Å²) in [6.45, 7) is 10.1. The first-order chi connectivity index (χ1) is 11.9. The lowest BCUT2D eigenvalue weighted by Crippen LogP contribution is -2.34. The zero-order valence-corrected chi connectivity index (χ0v) is 16.9. The highest BCUT2D eigenvalue weighted by atomic mass is 32.2. The summed E-state index contributed by atoms with van der Waals surface area (Å²) in [5.41, 5.74) is 4.48. The van der Waals surface area contributed by atoms with Gasteiger partial charge in [-0.2, -0.15) is 4.98 Å². The number of esters is 1. The number of hydrogen-bond donors (Lipinski definition) is 2. The number of rotatable bonds is 5. The molecule has 146 valence electrons. The maximum Gasteiger partial charge on any atom is 0.350 e. The van der Waals surface area contributed by atoms with Crippen LogP contribution in [0.1, 0.15) is 52.8 Å². The summed E-state index contributed by atoms with van der Waals surface area (Å²) in [5.74, 6) is -0.101. The molecule has 26 heavy (non-hydrogen) atoms. The van der Waals surface area contributed by atoms with Gasteiger partial charge in [0.25, 0.3) is 0 Å². The molecular formula is C18H29N3O4S. The Bertz CT molecular complexity index is 711. The number of aliphatic hydroxyl groups excluding tert-OH is 1. The highest BCUT2D eigenvalue weighted by Gasteiger charge is 2.38. The standard InChI is InChI=1S/C18H29N3O4S/c1-17(2,3)10-18(4,5)15(23)25-9-12-11(22)8-14(26-12)21-7-6-13(19)20-16(21)24/h6-7,11-12,14,22H,8-10H2,1-5H3,(H2,19,20,24)/t11-,12-,14-/m1/s1. The molecule has 7 nitrogen and oxygen atoms in total. The Hall–Kier alpha value is -1.54. The van der Waals surface area contributed by atoms with Gasteiger partial charge in [0.05, 0.1) is 22.1 Å². The van der Waals surface area contributed by atoms with Crippen LogP contribution in [0.25, 0.3) is 0 Å². The average molecular weight is 384 g/mol. The van der Waals surface area contributed by atoms with Crippen molar-refractivity contribution in [2.24, 2.45) is 10.8 Å². The number of nitrogens with two attached hydrogens (primary N) is 1. The fourth-order valence-corrected chi connectivity index (χ4v) is 4.87. The van der Waals surface area contributed by atoms with Crippen molar-refractivity contribution >= 4 is 23.5 Å². The molecule has 0 aliphatic carbocycles. The normalized spacial score (nSPS) is 23.8. The Morgan fingerprint density at radius 2 is 2.08 bits per heavy atom. The number of carbonyl (C=O) groups excluding carboxylic acids is 1. The summed E-state index contributed by atoms with van der Waals surface area (Å²) in [5, 5.41) is 9.76. The zero-order valence-electron chi connectivity index (χ0n) is 16.1. The van der Waals surface area contributed by atoms with Gasteiger partial charge in [0, 0.05) is 12.6 Å². The molecular weight excluding hydrogens is 354 g/mol. The Kier molecular flexibility index (Phi) is 6.07. The fourth-order valence-electron chi connectivity index (χ4n) is 3.43. The van der Waals surface area contributed by atoms with Gasteiger partial charge in [-0.1, -0.05) is 20.8 Å². The van der Waals surface area contributed by atoms with Gasteiger partial charge in [-0.3, -0.25) is 9.36 Å². The monoisotopic (exact) mass is 383 g/mol. The third-order valence-electron chi connectivity index (χ3n) is 4.27. The molecule has 0 bridgehead atoms. The minimum Gasteiger partial charge on any atom is -0.464 e. The van der Waals surface area contributed by atoms with E-state index in [1.54, 1.807) is 12.3 Å². The number of hydrogen-bond acceptors (Lipinski definition) is 7. The number of aliphatic hydroxyl groups is 1. The highest BCUT2D eigenvalue weighted by Crippen LogP contribution is 2.41. The maximum atomic E-state index is 12.5. The predicted octanol–water partition coefficient (Wildman–Crippen LogP) is 2.20. The quantitative estimate of drug-likeness (QED) is 0.751. The second-order valence-corrected chi connectivity index (χ2v) is 10.1. The first-order valence-electron chi connectivity index (χ1n) is 8.74. The van der Waals surface area contributed by atoms with Crippen molar-refractivity contribution in [3.05, 3.63) is 22.7 Å². The molecule has 1 saturated heterocycles. The van der Waals surface area contributed by atoms with Gasteiger partial charge in [0.1, 0.15) is 12.4 Å². The van der Waals surface area contributed by atoms with Gasteiger partial charge in [0.15, 0.2) is 0 Å². The molecule has 3 atom stereocenters. The smallest absolute Gasteiger partial charge is 0.350 e. The summed E-state index contributed by atoms with van der Waals surface area (Å²) < 4.78 is 6.95. The molecule has 1 aliphatic rings. The Morgan fingerprint density at radius 3 is 2.65 bits per heavy atom. The fraction of sp³-hybridized carbons (Fsp3) is 0.722. The first kappa shape index (κ1) is 20.8. The van der Waals surface area contributed by atoms with Crippen LogP contribution in [-0.4, -0.2) is 38.6 Å². The van der Waals surface area contributed by atoms with Crippen molar-refractivity contribution in [3.8, 4) is 0 Å². The lowest BCUT2D eigenvalue weighted by molar-refractivity contribution is -0.156. The van der Waals surface area contributed by atoms with E-state index >= 15 is 0 Å². The number of nitrogen functional groups attached to an aromatic ring is 1. The Labute approximate surface area is 158 Å². The van der Waals surface area contributed by atoms with Gasteiger partial charge < -0.3 is 15.6 Å². The van der Waals surface area contributed by atoms with Gasteiger partial charge in [-0.25, -0.2) is 4.79 Å². The van der Waals surface area contributed by atoms with Gasteiger partial charge in [-0.15, -0.1) is 11.8 Å². The van der Waals surface area contributed by atoms with Gasteiger partial charge in [0.2, 0.25) is 0 Å². The van der Waals surface area contributed by atoms with Crippen molar-refractivity contribution in [2.75, 3.05) is 12.3 Å². The van der Waals surface area contributed by atoms with E-state index in [9.17, 15) is 14.7 Å². The van der Waals surface area contributed by atoms with E-state index < -0.39 is 17.2 Å². The maximum absolute atomic E-state index is 12.5. The molecule has 0 radical (unpaired) electrons. The molecule has 0 saturated carbocycles. The van der Waals surface area contributed by atoms with Crippen LogP contribution in [0.3, 0.4) is 0 Å². The first-order valence-corrected chi connectivity index (χ1v) is 9.69. The van der Waals surface area contributed by atoms with Gasteiger partial charge in [-0.05, 0) is 31.7 Å². The number of aromatic nitrogens is 2. The summed E-state index contributed by atoms with van der Waals surface area (Å²) in [6, 6.07) is 1.55. The molecule has 2 heterocycles. The molecule has 0 aromatic carbocycles. The Balaban J connectivity index is 1.96.